The molecular weight excluding hydrogens is 639 g/mol. The number of piperazine rings is 1. The molecule has 3 aliphatic heterocycles. The maximum Gasteiger partial charge on any atom is 0.510 e. The number of amides is 4. The van der Waals surface area contributed by atoms with Gasteiger partial charge in [0.25, 0.3) is 11.8 Å². The van der Waals surface area contributed by atoms with E-state index in [1.807, 2.05) is 6.07 Å². The van der Waals surface area contributed by atoms with Gasteiger partial charge >= 0.3 is 12.2 Å². The highest BCUT2D eigenvalue weighted by atomic mass is 19.1. The first-order valence-electron chi connectivity index (χ1n) is 16.3. The van der Waals surface area contributed by atoms with Crippen LogP contribution in [0, 0.1) is 5.82 Å². The van der Waals surface area contributed by atoms with E-state index in [4.69, 9.17) is 23.6 Å². The zero-order valence-electron chi connectivity index (χ0n) is 28.6. The molecule has 1 atom stereocenters. The van der Waals surface area contributed by atoms with Crippen molar-refractivity contribution in [3.05, 3.63) is 53.0 Å². The van der Waals surface area contributed by atoms with Gasteiger partial charge in [0.1, 0.15) is 22.7 Å². The number of urea groups is 1. The fourth-order valence-corrected chi connectivity index (χ4v) is 6.48. The lowest BCUT2D eigenvalue weighted by Gasteiger charge is -2.34. The molecule has 2 fully saturated rings. The van der Waals surface area contributed by atoms with Crippen LogP contribution in [0.1, 0.15) is 56.3 Å². The number of halogens is 1. The highest BCUT2D eigenvalue weighted by Crippen LogP contribution is 2.42. The second-order valence-corrected chi connectivity index (χ2v) is 13.3. The number of benzene rings is 1. The number of imide groups is 1. The van der Waals surface area contributed by atoms with Gasteiger partial charge in [0.2, 0.25) is 0 Å². The SMILES string of the molecule is CCOc1ccc2c(c1F)C(=O)N(C[C@]1(c3cc4nc(N5CCN(CC)CC5)ccc4o3)C(=O)N(COC(=O)OC(C)(C)C)C(=O)N1C)C2. The number of nitrogens with zero attached hydrogens (tertiary/aromatic N) is 6. The number of carbonyl (C=O) groups is 4. The van der Waals surface area contributed by atoms with Crippen molar-refractivity contribution in [3.63, 3.8) is 0 Å². The number of rotatable bonds is 9. The van der Waals surface area contributed by atoms with Crippen LogP contribution in [0.15, 0.2) is 34.7 Å². The van der Waals surface area contributed by atoms with Gasteiger partial charge < -0.3 is 38.2 Å². The normalized spacial score (nSPS) is 20.1. The number of carbonyl (C=O) groups excluding carboxylic acids is 4. The Balaban J connectivity index is 1.36. The third-order valence-corrected chi connectivity index (χ3v) is 9.08. The monoisotopic (exact) mass is 680 g/mol. The van der Waals surface area contributed by atoms with Crippen molar-refractivity contribution in [3.8, 4) is 5.75 Å². The zero-order chi connectivity index (χ0) is 35.2. The highest BCUT2D eigenvalue weighted by Gasteiger charge is 2.61. The number of fused-ring (bicyclic) bond motifs is 2. The van der Waals surface area contributed by atoms with Crippen LogP contribution in [-0.4, -0.2) is 114 Å². The van der Waals surface area contributed by atoms with Gasteiger partial charge in [-0.3, -0.25) is 9.59 Å². The molecule has 0 spiro atoms. The van der Waals surface area contributed by atoms with Crippen LogP contribution >= 0.6 is 0 Å². The molecule has 0 saturated carbocycles. The minimum Gasteiger partial charge on any atom is -0.491 e. The molecule has 6 rings (SSSR count). The number of pyridine rings is 1. The Bertz CT molecular complexity index is 1800. The zero-order valence-corrected chi connectivity index (χ0v) is 28.6. The number of likely N-dealkylation sites (N-methyl/N-ethyl adjacent to an activating group) is 2. The van der Waals surface area contributed by atoms with Crippen molar-refractivity contribution >= 4 is 40.9 Å². The van der Waals surface area contributed by atoms with E-state index < -0.39 is 47.7 Å². The summed E-state index contributed by atoms with van der Waals surface area (Å²) in [5.41, 5.74) is -1.73. The third-order valence-electron chi connectivity index (χ3n) is 9.08. The Morgan fingerprint density at radius 1 is 1.06 bits per heavy atom. The van der Waals surface area contributed by atoms with Crippen LogP contribution in [-0.2, 0) is 26.4 Å². The van der Waals surface area contributed by atoms with Gasteiger partial charge in [-0.2, -0.15) is 0 Å². The largest absolute Gasteiger partial charge is 0.510 e. The minimum absolute atomic E-state index is 0.0324. The summed E-state index contributed by atoms with van der Waals surface area (Å²) in [7, 11) is 1.40. The lowest BCUT2D eigenvalue weighted by molar-refractivity contribution is -0.137. The van der Waals surface area contributed by atoms with E-state index in [1.165, 1.54) is 18.0 Å². The van der Waals surface area contributed by atoms with Crippen molar-refractivity contribution in [2.75, 3.05) is 64.6 Å². The predicted octanol–water partition coefficient (Wildman–Crippen LogP) is 4.16. The summed E-state index contributed by atoms with van der Waals surface area (Å²) in [4.78, 5) is 66.9. The molecule has 262 valence electrons. The molecular formula is C34H41FN6O8. The van der Waals surface area contributed by atoms with E-state index in [0.29, 0.717) is 16.7 Å². The van der Waals surface area contributed by atoms with E-state index >= 15 is 4.39 Å². The summed E-state index contributed by atoms with van der Waals surface area (Å²) < 4.78 is 37.4. The van der Waals surface area contributed by atoms with Gasteiger partial charge in [0, 0.05) is 45.8 Å². The topological polar surface area (TPSA) is 138 Å². The molecule has 0 unspecified atom stereocenters. The van der Waals surface area contributed by atoms with E-state index in [0.717, 1.165) is 48.3 Å². The first-order chi connectivity index (χ1) is 23.3. The lowest BCUT2D eigenvalue weighted by Crippen LogP contribution is -2.53. The average Bonchev–Trinajstić information content (AvgIpc) is 3.68. The number of furan rings is 1. The summed E-state index contributed by atoms with van der Waals surface area (Å²) >= 11 is 0. The smallest absolute Gasteiger partial charge is 0.491 e. The third kappa shape index (κ3) is 6.11. The van der Waals surface area contributed by atoms with Crippen molar-refractivity contribution in [1.82, 2.24) is 24.6 Å². The first kappa shape index (κ1) is 34.0. The number of hydrogen-bond donors (Lipinski definition) is 0. The minimum atomic E-state index is -1.92. The van der Waals surface area contributed by atoms with Gasteiger partial charge in [-0.25, -0.2) is 23.9 Å². The van der Waals surface area contributed by atoms with Crippen molar-refractivity contribution < 1.29 is 42.2 Å². The maximum absolute atomic E-state index is 15.5. The predicted molar refractivity (Wildman–Crippen MR) is 175 cm³/mol. The van der Waals surface area contributed by atoms with Gasteiger partial charge in [-0.15, -0.1) is 0 Å². The molecule has 0 radical (unpaired) electrons. The molecule has 3 aromatic rings. The van der Waals surface area contributed by atoms with Crippen molar-refractivity contribution in [2.45, 2.75) is 52.3 Å². The molecule has 3 aliphatic rings. The number of aromatic nitrogens is 1. The van der Waals surface area contributed by atoms with Crippen LogP contribution in [0.2, 0.25) is 0 Å². The van der Waals surface area contributed by atoms with Crippen molar-refractivity contribution in [1.29, 1.82) is 0 Å². The average molecular weight is 681 g/mol. The Morgan fingerprint density at radius 3 is 2.47 bits per heavy atom. The van der Waals surface area contributed by atoms with Crippen LogP contribution in [0.25, 0.3) is 11.1 Å². The quantitative estimate of drug-likeness (QED) is 0.238. The molecule has 4 amide bonds. The summed E-state index contributed by atoms with van der Waals surface area (Å²) in [6.07, 6.45) is -1.07. The van der Waals surface area contributed by atoms with E-state index in [9.17, 15) is 19.2 Å². The number of anilines is 1. The first-order valence-corrected chi connectivity index (χ1v) is 16.3. The van der Waals surface area contributed by atoms with Crippen molar-refractivity contribution in [2.24, 2.45) is 0 Å². The molecule has 0 bridgehead atoms. The summed E-state index contributed by atoms with van der Waals surface area (Å²) in [5, 5.41) is 0. The summed E-state index contributed by atoms with van der Waals surface area (Å²) in [5.74, 6) is -1.55. The van der Waals surface area contributed by atoms with Gasteiger partial charge in [0.15, 0.2) is 29.4 Å². The van der Waals surface area contributed by atoms with E-state index in [2.05, 4.69) is 16.7 Å². The highest BCUT2D eigenvalue weighted by molar-refractivity contribution is 6.08. The van der Waals surface area contributed by atoms with Crippen LogP contribution in [0.3, 0.4) is 0 Å². The second-order valence-electron chi connectivity index (χ2n) is 13.3. The summed E-state index contributed by atoms with van der Waals surface area (Å²) in [6, 6.07) is 7.45. The molecule has 14 nitrogen and oxygen atoms in total. The molecule has 49 heavy (non-hydrogen) atoms. The summed E-state index contributed by atoms with van der Waals surface area (Å²) in [6.45, 7) is 12.2. The van der Waals surface area contributed by atoms with E-state index in [-0.39, 0.29) is 36.8 Å². The maximum atomic E-state index is 15.5. The molecule has 1 aromatic carbocycles. The number of ether oxygens (including phenoxy) is 3. The Labute approximate surface area is 283 Å². The molecule has 2 aromatic heterocycles. The van der Waals surface area contributed by atoms with Gasteiger partial charge in [-0.1, -0.05) is 13.0 Å². The molecule has 0 aliphatic carbocycles. The molecule has 15 heteroatoms. The Kier molecular flexibility index (Phi) is 8.90. The fraction of sp³-hybridized carbons (Fsp3) is 0.500. The standard InChI is InChI=1S/C34H41FN6O8/c1-7-38-13-15-39(16-14-38)26-12-11-23-22(36-26)17-25(48-23)34(19-40-18-21-9-10-24(46-8-2)28(35)27(21)29(40)42)30(43)41(31(44)37(34)6)20-47-32(45)49-33(3,4)5/h9-12,17H,7-8,13-16,18-20H2,1-6H3/t34-/m0/s1. The number of hydrogen-bond acceptors (Lipinski definition) is 11. The second kappa shape index (κ2) is 12.8. The molecule has 5 heterocycles. The van der Waals surface area contributed by atoms with Gasteiger partial charge in [-0.05, 0) is 58.0 Å². The van der Waals surface area contributed by atoms with Crippen LogP contribution in [0.5, 0.6) is 5.75 Å². The van der Waals surface area contributed by atoms with Crippen LogP contribution < -0.4 is 9.64 Å². The molecule has 0 N–H and O–H groups in total. The Morgan fingerprint density at radius 2 is 1.80 bits per heavy atom. The molecule has 2 saturated heterocycles. The fourth-order valence-electron chi connectivity index (χ4n) is 6.48. The Hall–Kier alpha value is -4.92. The lowest BCUT2D eigenvalue weighted by atomic mass is 9.93. The van der Waals surface area contributed by atoms with Crippen LogP contribution in [0.4, 0.5) is 19.8 Å². The van der Waals surface area contributed by atoms with Gasteiger partial charge in [0.05, 0.1) is 18.7 Å². The van der Waals surface area contributed by atoms with E-state index in [1.54, 1.807) is 45.9 Å².